The smallest absolute Gasteiger partial charge is 0.274 e. The highest BCUT2D eigenvalue weighted by Gasteiger charge is 2.55. The molecule has 0 bridgehead atoms. The zero-order valence-corrected chi connectivity index (χ0v) is 15.1. The van der Waals surface area contributed by atoms with E-state index in [4.69, 9.17) is 4.84 Å². The molecule has 2 atom stereocenters. The number of carbonyl (C=O) groups is 2. The summed E-state index contributed by atoms with van der Waals surface area (Å²) in [4.78, 5) is 32.1. The van der Waals surface area contributed by atoms with Gasteiger partial charge in [0.1, 0.15) is 11.6 Å². The van der Waals surface area contributed by atoms with Gasteiger partial charge in [-0.2, -0.15) is 0 Å². The minimum Gasteiger partial charge on any atom is -0.381 e. The molecule has 138 valence electrons. The van der Waals surface area contributed by atoms with E-state index in [0.29, 0.717) is 12.3 Å². The zero-order chi connectivity index (χ0) is 18.6. The van der Waals surface area contributed by atoms with Gasteiger partial charge in [-0.05, 0) is 24.8 Å². The first kappa shape index (κ1) is 17.5. The highest BCUT2D eigenvalue weighted by atomic mass is 16.6. The lowest BCUT2D eigenvalue weighted by Crippen LogP contribution is -2.34. The second-order valence-corrected chi connectivity index (χ2v) is 6.97. The Hall–Kier alpha value is -2.95. The molecule has 0 N–H and O–H groups in total. The normalized spacial score (nSPS) is 21.2. The van der Waals surface area contributed by atoms with Crippen LogP contribution in [0.3, 0.4) is 0 Å². The van der Waals surface area contributed by atoms with Crippen LogP contribution in [0.25, 0.3) is 0 Å². The highest BCUT2D eigenvalue weighted by Crippen LogP contribution is 2.32. The number of likely N-dealkylation sites (tertiary alicyclic amines) is 1. The molecule has 0 aromatic heterocycles. The van der Waals surface area contributed by atoms with Gasteiger partial charge in [0.25, 0.3) is 5.91 Å². The molecule has 0 saturated carbocycles. The number of aryl methyl sites for hydroxylation is 1. The number of rotatable bonds is 7. The number of hydrogen-bond acceptors (Lipinski definition) is 4. The summed E-state index contributed by atoms with van der Waals surface area (Å²) >= 11 is 0. The van der Waals surface area contributed by atoms with Gasteiger partial charge in [-0.25, -0.2) is 0 Å². The Kier molecular flexibility index (Phi) is 5.01. The van der Waals surface area contributed by atoms with Crippen molar-refractivity contribution in [1.29, 1.82) is 0 Å². The monoisotopic (exact) mass is 362 g/mol. The van der Waals surface area contributed by atoms with Gasteiger partial charge in [-0.15, -0.1) is 0 Å². The van der Waals surface area contributed by atoms with Crippen molar-refractivity contribution in [2.45, 2.75) is 31.8 Å². The molecule has 5 heteroatoms. The maximum Gasteiger partial charge on any atom is 0.274 e. The summed E-state index contributed by atoms with van der Waals surface area (Å²) in [5.74, 6) is -1.06. The lowest BCUT2D eigenvalue weighted by atomic mass is 9.94. The fraction of sp³-hybridized carbons (Fsp3) is 0.318. The van der Waals surface area contributed by atoms with Crippen LogP contribution in [0.5, 0.6) is 0 Å². The first-order valence-corrected chi connectivity index (χ1v) is 9.44. The highest BCUT2D eigenvalue weighted by molar-refractivity contribution is 6.23. The van der Waals surface area contributed by atoms with Crippen molar-refractivity contribution in [3.05, 3.63) is 71.8 Å². The van der Waals surface area contributed by atoms with Gasteiger partial charge < -0.3 is 4.84 Å². The maximum absolute atomic E-state index is 12.8. The minimum atomic E-state index is -0.794. The average molecular weight is 362 g/mol. The van der Waals surface area contributed by atoms with Crippen LogP contribution in [-0.4, -0.2) is 35.1 Å². The largest absolute Gasteiger partial charge is 0.381 e. The van der Waals surface area contributed by atoms with E-state index < -0.39 is 12.0 Å². The maximum atomic E-state index is 12.8. The van der Waals surface area contributed by atoms with Gasteiger partial charge >= 0.3 is 0 Å². The van der Waals surface area contributed by atoms with Crippen molar-refractivity contribution < 1.29 is 14.4 Å². The second kappa shape index (κ2) is 7.74. The van der Waals surface area contributed by atoms with Crippen LogP contribution in [0.4, 0.5) is 0 Å². The average Bonchev–Trinajstić information content (AvgIpc) is 3.25. The van der Waals surface area contributed by atoms with Crippen LogP contribution in [0.15, 0.2) is 65.8 Å². The van der Waals surface area contributed by atoms with Gasteiger partial charge in [-0.3, -0.25) is 14.5 Å². The Morgan fingerprint density at radius 3 is 2.30 bits per heavy atom. The summed E-state index contributed by atoms with van der Waals surface area (Å²) in [6.07, 6.45) is 3.04. The molecule has 1 fully saturated rings. The molecule has 2 aromatic carbocycles. The van der Waals surface area contributed by atoms with Crippen molar-refractivity contribution in [3.8, 4) is 0 Å². The van der Waals surface area contributed by atoms with E-state index in [2.05, 4.69) is 17.3 Å². The Morgan fingerprint density at radius 1 is 0.852 bits per heavy atom. The van der Waals surface area contributed by atoms with Crippen LogP contribution in [-0.2, 0) is 20.8 Å². The molecule has 5 nitrogen and oxygen atoms in total. The van der Waals surface area contributed by atoms with Gasteiger partial charge in [-0.1, -0.05) is 72.2 Å². The number of oxime groups is 1. The van der Waals surface area contributed by atoms with Crippen LogP contribution in [0.1, 0.15) is 30.4 Å². The molecule has 2 heterocycles. The summed E-state index contributed by atoms with van der Waals surface area (Å²) in [7, 11) is 0. The molecular formula is C22H22N2O3. The third-order valence-corrected chi connectivity index (χ3v) is 5.16. The van der Waals surface area contributed by atoms with Crippen molar-refractivity contribution in [2.24, 2.45) is 11.1 Å². The molecule has 2 aliphatic rings. The number of fused-ring (bicyclic) bond motifs is 1. The summed E-state index contributed by atoms with van der Waals surface area (Å²) < 4.78 is 0. The Bertz CT molecular complexity index is 848. The predicted octanol–water partition coefficient (Wildman–Crippen LogP) is 3.19. The van der Waals surface area contributed by atoms with Crippen LogP contribution >= 0.6 is 0 Å². The standard InChI is InChI=1S/C22H22N2O3/c25-21-18-19(17-13-7-2-8-14-17)23-27-20(18)22(26)24(21)15-9-3-6-12-16-10-4-1-5-11-16/h1-2,4-5,7-8,10-11,13-14,18,20H,3,6,9,12,15H2. The third-order valence-electron chi connectivity index (χ3n) is 5.16. The van der Waals surface area contributed by atoms with E-state index >= 15 is 0 Å². The van der Waals surface area contributed by atoms with E-state index in [1.807, 2.05) is 48.5 Å². The Labute approximate surface area is 158 Å². The quantitative estimate of drug-likeness (QED) is 0.561. The van der Waals surface area contributed by atoms with E-state index in [9.17, 15) is 9.59 Å². The number of amides is 2. The molecule has 0 spiro atoms. The zero-order valence-electron chi connectivity index (χ0n) is 15.1. The molecule has 4 rings (SSSR count). The van der Waals surface area contributed by atoms with Crippen molar-refractivity contribution in [3.63, 3.8) is 0 Å². The topological polar surface area (TPSA) is 59.0 Å². The Balaban J connectivity index is 1.32. The van der Waals surface area contributed by atoms with Gasteiger partial charge in [0.05, 0.1) is 0 Å². The molecule has 2 unspecified atom stereocenters. The first-order valence-electron chi connectivity index (χ1n) is 9.44. The number of benzene rings is 2. The fourth-order valence-corrected chi connectivity index (χ4v) is 3.72. The SMILES string of the molecule is O=C1C2ON=C(c3ccccc3)C2C(=O)N1CCCCCc1ccccc1. The van der Waals surface area contributed by atoms with E-state index in [-0.39, 0.29) is 11.8 Å². The molecule has 2 aromatic rings. The lowest BCUT2D eigenvalue weighted by Gasteiger charge is -2.15. The first-order chi connectivity index (χ1) is 13.3. The van der Waals surface area contributed by atoms with E-state index in [1.54, 1.807) is 0 Å². The summed E-state index contributed by atoms with van der Waals surface area (Å²) in [5, 5.41) is 4.02. The van der Waals surface area contributed by atoms with Crippen molar-refractivity contribution in [2.75, 3.05) is 6.54 Å². The predicted molar refractivity (Wildman–Crippen MR) is 102 cm³/mol. The van der Waals surface area contributed by atoms with Gasteiger partial charge in [0.15, 0.2) is 0 Å². The summed E-state index contributed by atoms with van der Waals surface area (Å²) in [5.41, 5.74) is 2.71. The lowest BCUT2D eigenvalue weighted by molar-refractivity contribution is -0.142. The second-order valence-electron chi connectivity index (χ2n) is 6.97. The third kappa shape index (κ3) is 3.50. The molecule has 27 heavy (non-hydrogen) atoms. The molecule has 1 saturated heterocycles. The fourth-order valence-electron chi connectivity index (χ4n) is 3.72. The van der Waals surface area contributed by atoms with Gasteiger partial charge in [0.2, 0.25) is 12.0 Å². The van der Waals surface area contributed by atoms with E-state index in [1.165, 1.54) is 10.5 Å². The van der Waals surface area contributed by atoms with Gasteiger partial charge in [0, 0.05) is 12.1 Å². The van der Waals surface area contributed by atoms with E-state index in [0.717, 1.165) is 31.2 Å². The van der Waals surface area contributed by atoms with Crippen molar-refractivity contribution in [1.82, 2.24) is 4.90 Å². The molecule has 0 aliphatic carbocycles. The molecule has 2 aliphatic heterocycles. The number of hydrogen-bond donors (Lipinski definition) is 0. The summed E-state index contributed by atoms with van der Waals surface area (Å²) in [6, 6.07) is 19.8. The summed E-state index contributed by atoms with van der Waals surface area (Å²) in [6.45, 7) is 0.449. The van der Waals surface area contributed by atoms with Crippen LogP contribution in [0.2, 0.25) is 0 Å². The molecule has 0 radical (unpaired) electrons. The minimum absolute atomic E-state index is 0.187. The van der Waals surface area contributed by atoms with Crippen LogP contribution in [0, 0.1) is 5.92 Å². The molecule has 2 amide bonds. The number of unbranched alkanes of at least 4 members (excludes halogenated alkanes) is 2. The number of nitrogens with zero attached hydrogens (tertiary/aromatic N) is 2. The Morgan fingerprint density at radius 2 is 1.56 bits per heavy atom. The number of imide groups is 1. The molecular weight excluding hydrogens is 340 g/mol. The van der Waals surface area contributed by atoms with Crippen molar-refractivity contribution >= 4 is 17.5 Å². The van der Waals surface area contributed by atoms with Crippen LogP contribution < -0.4 is 0 Å². The number of carbonyl (C=O) groups excluding carboxylic acids is 2.